The van der Waals surface area contributed by atoms with Gasteiger partial charge in [0.1, 0.15) is 0 Å². The first-order chi connectivity index (χ1) is 10.1. The van der Waals surface area contributed by atoms with E-state index in [0.717, 1.165) is 24.1 Å². The van der Waals surface area contributed by atoms with Crippen LogP contribution in [0.15, 0.2) is 35.1 Å². The molecular weight excluding hydrogens is 268 g/mol. The Kier molecular flexibility index (Phi) is 5.25. The second kappa shape index (κ2) is 7.15. The summed E-state index contributed by atoms with van der Waals surface area (Å²) >= 11 is 0. The van der Waals surface area contributed by atoms with Crippen molar-refractivity contribution < 1.29 is 9.47 Å². The molecule has 0 unspecified atom stereocenters. The minimum atomic E-state index is -0.197. The van der Waals surface area contributed by atoms with Gasteiger partial charge in [0.05, 0.1) is 5.69 Å². The molecule has 0 aliphatic heterocycles. The van der Waals surface area contributed by atoms with Crippen LogP contribution in [0.3, 0.4) is 0 Å². The zero-order valence-corrected chi connectivity index (χ0v) is 12.6. The van der Waals surface area contributed by atoms with Gasteiger partial charge in [-0.1, -0.05) is 12.1 Å². The lowest BCUT2D eigenvalue weighted by Crippen LogP contribution is -2.14. The standard InChI is InChI=1S/C16H20N2O3/c1-11-10-13(14-7-8-15(19)18-17-14)5-4-12(11)6-9-16(20-2)21-3/h4-5,7-8,10,16H,6,9H2,1-3H3,(H,18,19). The van der Waals surface area contributed by atoms with E-state index in [1.807, 2.05) is 6.07 Å². The molecule has 0 aliphatic rings. The number of H-pyrrole nitrogens is 1. The SMILES string of the molecule is COC(CCc1ccc(-c2ccc(=O)[nH]n2)cc1C)OC. The Labute approximate surface area is 123 Å². The number of aromatic nitrogens is 2. The summed E-state index contributed by atoms with van der Waals surface area (Å²) in [6.07, 6.45) is 1.52. The minimum absolute atomic E-state index is 0.176. The molecule has 0 bridgehead atoms. The van der Waals surface area contributed by atoms with Gasteiger partial charge in [-0.3, -0.25) is 4.79 Å². The van der Waals surface area contributed by atoms with Gasteiger partial charge in [-0.15, -0.1) is 0 Å². The van der Waals surface area contributed by atoms with E-state index < -0.39 is 0 Å². The molecule has 1 aromatic heterocycles. The molecule has 2 rings (SSSR count). The summed E-state index contributed by atoms with van der Waals surface area (Å²) in [4.78, 5) is 11.0. The van der Waals surface area contributed by atoms with Crippen molar-refractivity contribution in [1.82, 2.24) is 10.2 Å². The quantitative estimate of drug-likeness (QED) is 0.828. The van der Waals surface area contributed by atoms with Gasteiger partial charge in [-0.25, -0.2) is 5.10 Å². The second-order valence-corrected chi connectivity index (χ2v) is 4.89. The molecule has 21 heavy (non-hydrogen) atoms. The number of ether oxygens (including phenoxy) is 2. The Morgan fingerprint density at radius 1 is 1.19 bits per heavy atom. The number of rotatable bonds is 6. The van der Waals surface area contributed by atoms with Crippen LogP contribution in [-0.4, -0.2) is 30.7 Å². The zero-order chi connectivity index (χ0) is 15.2. The lowest BCUT2D eigenvalue weighted by atomic mass is 9.99. The van der Waals surface area contributed by atoms with E-state index in [-0.39, 0.29) is 11.8 Å². The molecule has 0 saturated heterocycles. The fourth-order valence-electron chi connectivity index (χ4n) is 2.25. The van der Waals surface area contributed by atoms with Crippen LogP contribution in [0, 0.1) is 6.92 Å². The number of hydrogen-bond donors (Lipinski definition) is 1. The smallest absolute Gasteiger partial charge is 0.264 e. The molecule has 0 spiro atoms. The average Bonchev–Trinajstić information content (AvgIpc) is 2.50. The monoisotopic (exact) mass is 288 g/mol. The number of hydrogen-bond acceptors (Lipinski definition) is 4. The fourth-order valence-corrected chi connectivity index (χ4v) is 2.25. The number of nitrogens with zero attached hydrogens (tertiary/aromatic N) is 1. The van der Waals surface area contributed by atoms with Crippen LogP contribution in [0.2, 0.25) is 0 Å². The molecule has 0 fully saturated rings. The van der Waals surface area contributed by atoms with Crippen molar-refractivity contribution >= 4 is 0 Å². The third-order valence-corrected chi connectivity index (χ3v) is 3.49. The van der Waals surface area contributed by atoms with Gasteiger partial charge in [0.2, 0.25) is 0 Å². The van der Waals surface area contributed by atoms with Crippen molar-refractivity contribution in [1.29, 1.82) is 0 Å². The maximum atomic E-state index is 11.0. The van der Waals surface area contributed by atoms with Crippen LogP contribution in [0.4, 0.5) is 0 Å². The van der Waals surface area contributed by atoms with Gasteiger partial charge in [-0.2, -0.15) is 5.10 Å². The molecule has 112 valence electrons. The highest BCUT2D eigenvalue weighted by Crippen LogP contribution is 2.21. The Morgan fingerprint density at radius 3 is 2.52 bits per heavy atom. The Hall–Kier alpha value is -1.98. The van der Waals surface area contributed by atoms with Crippen LogP contribution in [0.1, 0.15) is 17.5 Å². The number of methoxy groups -OCH3 is 2. The van der Waals surface area contributed by atoms with Crippen molar-refractivity contribution in [3.63, 3.8) is 0 Å². The highest BCUT2D eigenvalue weighted by atomic mass is 16.7. The molecule has 2 aromatic rings. The van der Waals surface area contributed by atoms with Crippen LogP contribution in [0.25, 0.3) is 11.3 Å². The number of benzene rings is 1. The third kappa shape index (κ3) is 4.00. The van der Waals surface area contributed by atoms with Crippen LogP contribution in [0.5, 0.6) is 0 Å². The second-order valence-electron chi connectivity index (χ2n) is 4.89. The third-order valence-electron chi connectivity index (χ3n) is 3.49. The first kappa shape index (κ1) is 15.4. The van der Waals surface area contributed by atoms with Gasteiger partial charge in [-0.05, 0) is 36.6 Å². The molecule has 1 aromatic carbocycles. The van der Waals surface area contributed by atoms with Crippen LogP contribution in [-0.2, 0) is 15.9 Å². The molecule has 5 nitrogen and oxygen atoms in total. The summed E-state index contributed by atoms with van der Waals surface area (Å²) in [5.74, 6) is 0. The van der Waals surface area contributed by atoms with E-state index in [0.29, 0.717) is 0 Å². The molecule has 1 N–H and O–H groups in total. The first-order valence-electron chi connectivity index (χ1n) is 6.85. The Bertz CT molecular complexity index is 628. The predicted molar refractivity (Wildman–Crippen MR) is 81.2 cm³/mol. The average molecular weight is 288 g/mol. The fraction of sp³-hybridized carbons (Fsp3) is 0.375. The van der Waals surface area contributed by atoms with Gasteiger partial charge in [0.15, 0.2) is 6.29 Å². The summed E-state index contributed by atoms with van der Waals surface area (Å²) in [5, 5.41) is 6.49. The van der Waals surface area contributed by atoms with Crippen molar-refractivity contribution in [3.05, 3.63) is 51.8 Å². The zero-order valence-electron chi connectivity index (χ0n) is 12.6. The highest BCUT2D eigenvalue weighted by molar-refractivity contribution is 5.60. The summed E-state index contributed by atoms with van der Waals surface area (Å²) in [6, 6.07) is 9.37. The largest absolute Gasteiger partial charge is 0.356 e. The van der Waals surface area contributed by atoms with Gasteiger partial charge in [0, 0.05) is 32.3 Å². The van der Waals surface area contributed by atoms with E-state index >= 15 is 0 Å². The van der Waals surface area contributed by atoms with Crippen LogP contribution < -0.4 is 5.56 Å². The summed E-state index contributed by atoms with van der Waals surface area (Å²) in [5.41, 5.74) is 3.99. The Balaban J connectivity index is 2.13. The van der Waals surface area contributed by atoms with E-state index in [1.54, 1.807) is 20.3 Å². The molecule has 5 heteroatoms. The maximum Gasteiger partial charge on any atom is 0.264 e. The normalized spacial score (nSPS) is 11.0. The highest BCUT2D eigenvalue weighted by Gasteiger charge is 2.08. The Morgan fingerprint density at radius 2 is 1.95 bits per heavy atom. The molecule has 0 aliphatic carbocycles. The predicted octanol–water partition coefficient (Wildman–Crippen LogP) is 2.30. The summed E-state index contributed by atoms with van der Waals surface area (Å²) in [6.45, 7) is 2.07. The van der Waals surface area contributed by atoms with Crippen molar-refractivity contribution in [3.8, 4) is 11.3 Å². The van der Waals surface area contributed by atoms with Crippen molar-refractivity contribution in [2.24, 2.45) is 0 Å². The number of aromatic amines is 1. The van der Waals surface area contributed by atoms with Gasteiger partial charge >= 0.3 is 0 Å². The van der Waals surface area contributed by atoms with Crippen molar-refractivity contribution in [2.75, 3.05) is 14.2 Å². The summed E-state index contributed by atoms with van der Waals surface area (Å²) in [7, 11) is 3.29. The molecule has 0 amide bonds. The van der Waals surface area contributed by atoms with E-state index in [2.05, 4.69) is 29.3 Å². The number of nitrogens with one attached hydrogen (secondary N) is 1. The minimum Gasteiger partial charge on any atom is -0.356 e. The number of aryl methyl sites for hydroxylation is 2. The van der Waals surface area contributed by atoms with E-state index in [9.17, 15) is 4.79 Å². The lowest BCUT2D eigenvalue weighted by Gasteiger charge is -2.14. The molecule has 1 heterocycles. The lowest BCUT2D eigenvalue weighted by molar-refractivity contribution is -0.105. The molecule has 0 atom stereocenters. The van der Waals surface area contributed by atoms with Crippen LogP contribution >= 0.6 is 0 Å². The first-order valence-corrected chi connectivity index (χ1v) is 6.85. The molecular formula is C16H20N2O3. The summed E-state index contributed by atoms with van der Waals surface area (Å²) < 4.78 is 10.4. The topological polar surface area (TPSA) is 64.2 Å². The maximum absolute atomic E-state index is 11.0. The van der Waals surface area contributed by atoms with Gasteiger partial charge in [0.25, 0.3) is 5.56 Å². The van der Waals surface area contributed by atoms with E-state index in [4.69, 9.17) is 9.47 Å². The van der Waals surface area contributed by atoms with Crippen molar-refractivity contribution in [2.45, 2.75) is 26.1 Å². The molecule has 0 radical (unpaired) electrons. The van der Waals surface area contributed by atoms with Gasteiger partial charge < -0.3 is 9.47 Å². The van der Waals surface area contributed by atoms with E-state index in [1.165, 1.54) is 17.2 Å². The molecule has 0 saturated carbocycles.